The maximum absolute atomic E-state index is 10.9. The zero-order valence-electron chi connectivity index (χ0n) is 9.27. The zero-order chi connectivity index (χ0) is 11.5. The Balaban J connectivity index is 2.10. The molecule has 0 aromatic heterocycles. The maximum Gasteiger partial charge on any atom is 0.341 e. The highest BCUT2D eigenvalue weighted by atomic mass is 16.7. The van der Waals surface area contributed by atoms with Crippen LogP contribution in [0.1, 0.15) is 25.8 Å². The van der Waals surface area contributed by atoms with Crippen LogP contribution in [0.3, 0.4) is 0 Å². The van der Waals surface area contributed by atoms with Crippen molar-refractivity contribution in [2.45, 2.75) is 26.4 Å². The van der Waals surface area contributed by atoms with Crippen molar-refractivity contribution in [2.24, 2.45) is 5.16 Å². The minimum absolute atomic E-state index is 0.152. The first-order valence-electron chi connectivity index (χ1n) is 5.19. The fourth-order valence-electron chi connectivity index (χ4n) is 1.46. The van der Waals surface area contributed by atoms with Gasteiger partial charge in [0.1, 0.15) is 5.75 Å². The van der Waals surface area contributed by atoms with Crippen LogP contribution in [0.15, 0.2) is 29.4 Å². The van der Waals surface area contributed by atoms with Crippen molar-refractivity contribution in [2.75, 3.05) is 0 Å². The Labute approximate surface area is 93.9 Å². The van der Waals surface area contributed by atoms with Crippen LogP contribution < -0.4 is 4.74 Å². The number of oxime groups is 1. The van der Waals surface area contributed by atoms with E-state index >= 15 is 0 Å². The Hall–Kier alpha value is -1.84. The molecule has 0 unspecified atom stereocenters. The summed E-state index contributed by atoms with van der Waals surface area (Å²) in [6, 6.07) is 7.47. The predicted octanol–water partition coefficient (Wildman–Crippen LogP) is 2.12. The van der Waals surface area contributed by atoms with Gasteiger partial charge in [0.2, 0.25) is 0 Å². The first kappa shape index (κ1) is 10.7. The Morgan fingerprint density at radius 2 is 2.00 bits per heavy atom. The molecule has 1 aliphatic rings. The largest absolute Gasteiger partial charge is 0.491 e. The third-order valence-electron chi connectivity index (χ3n) is 2.13. The Kier molecular flexibility index (Phi) is 2.90. The third kappa shape index (κ3) is 2.39. The Morgan fingerprint density at radius 3 is 2.50 bits per heavy atom. The number of rotatable bonds is 3. The summed E-state index contributed by atoms with van der Waals surface area (Å²) < 4.78 is 5.51. The van der Waals surface area contributed by atoms with E-state index in [1.54, 1.807) is 0 Å². The maximum atomic E-state index is 10.9. The summed E-state index contributed by atoms with van der Waals surface area (Å²) >= 11 is 0. The monoisotopic (exact) mass is 219 g/mol. The highest BCUT2D eigenvalue weighted by molar-refractivity contribution is 6.11. The van der Waals surface area contributed by atoms with Gasteiger partial charge in [-0.1, -0.05) is 5.16 Å². The van der Waals surface area contributed by atoms with E-state index < -0.39 is 0 Å². The molecule has 0 saturated heterocycles. The van der Waals surface area contributed by atoms with E-state index in [0.717, 1.165) is 11.3 Å². The lowest BCUT2D eigenvalue weighted by atomic mass is 10.1. The van der Waals surface area contributed by atoms with E-state index in [1.165, 1.54) is 0 Å². The fourth-order valence-corrected chi connectivity index (χ4v) is 1.46. The molecule has 0 bridgehead atoms. The summed E-state index contributed by atoms with van der Waals surface area (Å²) in [4.78, 5) is 15.4. The van der Waals surface area contributed by atoms with Crippen molar-refractivity contribution in [1.29, 1.82) is 0 Å². The molecule has 0 spiro atoms. The van der Waals surface area contributed by atoms with E-state index in [4.69, 9.17) is 4.74 Å². The second kappa shape index (κ2) is 4.35. The summed E-state index contributed by atoms with van der Waals surface area (Å²) in [5, 5.41) is 3.70. The molecular weight excluding hydrogens is 206 g/mol. The van der Waals surface area contributed by atoms with Crippen LogP contribution in [0.5, 0.6) is 5.75 Å². The second-order valence-electron chi connectivity index (χ2n) is 3.87. The van der Waals surface area contributed by atoms with Crippen LogP contribution >= 0.6 is 0 Å². The van der Waals surface area contributed by atoms with Crippen molar-refractivity contribution >= 4 is 11.7 Å². The van der Waals surface area contributed by atoms with Gasteiger partial charge in [-0.05, 0) is 38.1 Å². The van der Waals surface area contributed by atoms with E-state index in [0.29, 0.717) is 5.71 Å². The third-order valence-corrected chi connectivity index (χ3v) is 2.13. The van der Waals surface area contributed by atoms with Gasteiger partial charge < -0.3 is 9.57 Å². The van der Waals surface area contributed by atoms with Gasteiger partial charge in [-0.15, -0.1) is 0 Å². The average molecular weight is 219 g/mol. The van der Waals surface area contributed by atoms with Crippen LogP contribution in [0.25, 0.3) is 0 Å². The topological polar surface area (TPSA) is 47.9 Å². The highest BCUT2D eigenvalue weighted by Crippen LogP contribution is 2.17. The van der Waals surface area contributed by atoms with Gasteiger partial charge in [-0.25, -0.2) is 4.79 Å². The Bertz CT molecular complexity index is 420. The summed E-state index contributed by atoms with van der Waals surface area (Å²) in [5.41, 5.74) is 1.56. The van der Waals surface area contributed by atoms with Crippen LogP contribution in [0.4, 0.5) is 0 Å². The number of carbonyl (C=O) groups is 1. The molecule has 0 fully saturated rings. The summed E-state index contributed by atoms with van der Waals surface area (Å²) in [6.07, 6.45) is 0.393. The lowest BCUT2D eigenvalue weighted by Gasteiger charge is -2.09. The van der Waals surface area contributed by atoms with Crippen molar-refractivity contribution in [3.05, 3.63) is 29.8 Å². The van der Waals surface area contributed by atoms with Crippen LogP contribution in [0, 0.1) is 0 Å². The van der Waals surface area contributed by atoms with Gasteiger partial charge in [0.15, 0.2) is 0 Å². The van der Waals surface area contributed by atoms with Gasteiger partial charge in [-0.2, -0.15) is 0 Å². The molecule has 16 heavy (non-hydrogen) atoms. The molecule has 84 valence electrons. The summed E-state index contributed by atoms with van der Waals surface area (Å²) in [5.74, 6) is 0.502. The van der Waals surface area contributed by atoms with Gasteiger partial charge in [0.05, 0.1) is 18.2 Å². The molecule has 2 rings (SSSR count). The second-order valence-corrected chi connectivity index (χ2v) is 3.87. The first-order valence-corrected chi connectivity index (χ1v) is 5.19. The van der Waals surface area contributed by atoms with Gasteiger partial charge in [0.25, 0.3) is 0 Å². The molecular formula is C12H13NO3. The van der Waals surface area contributed by atoms with E-state index in [2.05, 4.69) is 9.99 Å². The van der Waals surface area contributed by atoms with Crippen molar-refractivity contribution < 1.29 is 14.4 Å². The lowest BCUT2D eigenvalue weighted by molar-refractivity contribution is -0.140. The zero-order valence-corrected chi connectivity index (χ0v) is 9.27. The smallest absolute Gasteiger partial charge is 0.341 e. The number of ether oxygens (including phenoxy) is 1. The quantitative estimate of drug-likeness (QED) is 0.731. The molecule has 4 nitrogen and oxygen atoms in total. The molecule has 1 aromatic carbocycles. The normalized spacial score (nSPS) is 14.9. The minimum Gasteiger partial charge on any atom is -0.491 e. The van der Waals surface area contributed by atoms with E-state index in [9.17, 15) is 4.79 Å². The summed E-state index contributed by atoms with van der Waals surface area (Å²) in [7, 11) is 0. The molecule has 0 atom stereocenters. The predicted molar refractivity (Wildman–Crippen MR) is 59.5 cm³/mol. The number of hydrogen-bond donors (Lipinski definition) is 0. The average Bonchev–Trinajstić information content (AvgIpc) is 2.65. The number of hydrogen-bond acceptors (Lipinski definition) is 4. The van der Waals surface area contributed by atoms with Gasteiger partial charge >= 0.3 is 5.97 Å². The van der Waals surface area contributed by atoms with Crippen molar-refractivity contribution in [1.82, 2.24) is 0 Å². The molecule has 1 heterocycles. The van der Waals surface area contributed by atoms with Crippen LogP contribution in [-0.2, 0) is 9.63 Å². The van der Waals surface area contributed by atoms with Crippen molar-refractivity contribution in [3.63, 3.8) is 0 Å². The van der Waals surface area contributed by atoms with E-state index in [-0.39, 0.29) is 18.5 Å². The number of nitrogens with zero attached hydrogens (tertiary/aromatic N) is 1. The molecule has 0 N–H and O–H groups in total. The lowest BCUT2D eigenvalue weighted by Crippen LogP contribution is -2.06. The SMILES string of the molecule is CC(C)Oc1ccc(C2=NOC(=O)C2)cc1. The molecule has 0 aliphatic carbocycles. The molecule has 0 amide bonds. The van der Waals surface area contributed by atoms with Crippen LogP contribution in [-0.4, -0.2) is 17.8 Å². The minimum atomic E-state index is -0.308. The highest BCUT2D eigenvalue weighted by Gasteiger charge is 2.18. The standard InChI is InChI=1S/C12H13NO3/c1-8(2)15-10-5-3-9(4-6-10)11-7-12(14)16-13-11/h3-6,8H,7H2,1-2H3. The number of benzene rings is 1. The van der Waals surface area contributed by atoms with Crippen LogP contribution in [0.2, 0.25) is 0 Å². The molecule has 0 radical (unpaired) electrons. The van der Waals surface area contributed by atoms with Crippen molar-refractivity contribution in [3.8, 4) is 5.75 Å². The fraction of sp³-hybridized carbons (Fsp3) is 0.333. The van der Waals surface area contributed by atoms with Gasteiger partial charge in [-0.3, -0.25) is 0 Å². The van der Waals surface area contributed by atoms with Gasteiger partial charge in [0, 0.05) is 5.56 Å². The Morgan fingerprint density at radius 1 is 1.31 bits per heavy atom. The number of carbonyl (C=O) groups excluding carboxylic acids is 1. The molecule has 1 aliphatic heterocycles. The molecule has 4 heteroatoms. The molecule has 1 aromatic rings. The van der Waals surface area contributed by atoms with E-state index in [1.807, 2.05) is 38.1 Å². The molecule has 0 saturated carbocycles. The summed E-state index contributed by atoms with van der Waals surface area (Å²) in [6.45, 7) is 3.95. The first-order chi connectivity index (χ1) is 7.65.